The van der Waals surface area contributed by atoms with Gasteiger partial charge in [0, 0.05) is 0 Å². The van der Waals surface area contributed by atoms with Gasteiger partial charge in [-0.15, -0.1) is 0 Å². The predicted octanol–water partition coefficient (Wildman–Crippen LogP) is 3.99. The molecule has 0 heterocycles. The van der Waals surface area contributed by atoms with Crippen LogP contribution in [0.15, 0.2) is 0 Å². The van der Waals surface area contributed by atoms with Crippen LogP contribution < -0.4 is 0 Å². The monoisotopic (exact) mass is 268 g/mol. The Balaban J connectivity index is 1.61. The summed E-state index contributed by atoms with van der Waals surface area (Å²) in [5, 5.41) is 0. The SMILES string of the molecule is O=C(COC1CCCCC1)OC1CCCCCCC1. The number of hydrogen-bond donors (Lipinski definition) is 0. The Hall–Kier alpha value is -0.570. The average Bonchev–Trinajstić information content (AvgIpc) is 2.41. The molecule has 2 aliphatic carbocycles. The second-order valence-corrected chi connectivity index (χ2v) is 6.03. The van der Waals surface area contributed by atoms with Gasteiger partial charge >= 0.3 is 5.97 Å². The van der Waals surface area contributed by atoms with Crippen molar-refractivity contribution in [1.29, 1.82) is 0 Å². The van der Waals surface area contributed by atoms with Gasteiger partial charge in [-0.3, -0.25) is 0 Å². The van der Waals surface area contributed by atoms with Crippen LogP contribution in [0.4, 0.5) is 0 Å². The third kappa shape index (κ3) is 5.94. The molecule has 3 nitrogen and oxygen atoms in total. The lowest BCUT2D eigenvalue weighted by atomic mass is 9.98. The fourth-order valence-electron chi connectivity index (χ4n) is 3.17. The molecule has 3 heteroatoms. The quantitative estimate of drug-likeness (QED) is 0.723. The van der Waals surface area contributed by atoms with E-state index < -0.39 is 0 Å². The highest BCUT2D eigenvalue weighted by Gasteiger charge is 2.19. The maximum atomic E-state index is 11.8. The van der Waals surface area contributed by atoms with E-state index in [4.69, 9.17) is 9.47 Å². The minimum absolute atomic E-state index is 0.141. The molecule has 0 aromatic carbocycles. The highest BCUT2D eigenvalue weighted by Crippen LogP contribution is 2.21. The number of carbonyl (C=O) groups excluding carboxylic acids is 1. The van der Waals surface area contributed by atoms with Gasteiger partial charge in [0.05, 0.1) is 6.10 Å². The lowest BCUT2D eigenvalue weighted by Crippen LogP contribution is -2.26. The van der Waals surface area contributed by atoms with Gasteiger partial charge in [-0.05, 0) is 38.5 Å². The van der Waals surface area contributed by atoms with E-state index in [1.807, 2.05) is 0 Å². The fourth-order valence-corrected chi connectivity index (χ4v) is 3.17. The Kier molecular flexibility index (Phi) is 6.69. The van der Waals surface area contributed by atoms with E-state index in [2.05, 4.69) is 0 Å². The van der Waals surface area contributed by atoms with Crippen LogP contribution in [0.5, 0.6) is 0 Å². The highest BCUT2D eigenvalue weighted by atomic mass is 16.6. The van der Waals surface area contributed by atoms with Gasteiger partial charge in [-0.1, -0.05) is 38.5 Å². The third-order valence-corrected chi connectivity index (χ3v) is 4.34. The molecular formula is C16H28O3. The van der Waals surface area contributed by atoms with Crippen molar-refractivity contribution in [2.24, 2.45) is 0 Å². The standard InChI is InChI=1S/C16H28O3/c17-16(13-18-14-9-7-4-8-10-14)19-15-11-5-2-1-3-6-12-15/h14-15H,1-13H2. The molecule has 0 saturated heterocycles. The molecule has 0 unspecified atom stereocenters. The van der Waals surface area contributed by atoms with Gasteiger partial charge in [0.15, 0.2) is 0 Å². The molecular weight excluding hydrogens is 240 g/mol. The predicted molar refractivity (Wildman–Crippen MR) is 75.0 cm³/mol. The van der Waals surface area contributed by atoms with Crippen LogP contribution in [0.25, 0.3) is 0 Å². The molecule has 19 heavy (non-hydrogen) atoms. The number of ether oxygens (including phenoxy) is 2. The maximum absolute atomic E-state index is 11.8. The Morgan fingerprint density at radius 3 is 1.84 bits per heavy atom. The first-order valence-electron chi connectivity index (χ1n) is 8.15. The minimum Gasteiger partial charge on any atom is -0.461 e. The summed E-state index contributed by atoms with van der Waals surface area (Å²) in [6.07, 6.45) is 14.8. The highest BCUT2D eigenvalue weighted by molar-refractivity contribution is 5.70. The summed E-state index contributed by atoms with van der Waals surface area (Å²) in [7, 11) is 0. The molecule has 0 amide bonds. The molecule has 110 valence electrons. The number of rotatable bonds is 4. The lowest BCUT2D eigenvalue weighted by Gasteiger charge is -2.23. The third-order valence-electron chi connectivity index (χ3n) is 4.34. The zero-order valence-electron chi connectivity index (χ0n) is 12.1. The van der Waals surface area contributed by atoms with Crippen LogP contribution in [0.1, 0.15) is 77.0 Å². The second-order valence-electron chi connectivity index (χ2n) is 6.03. The molecule has 2 aliphatic rings. The zero-order chi connectivity index (χ0) is 13.3. The maximum Gasteiger partial charge on any atom is 0.332 e. The van der Waals surface area contributed by atoms with E-state index in [9.17, 15) is 4.79 Å². The summed E-state index contributed by atoms with van der Waals surface area (Å²) >= 11 is 0. The molecule has 0 aromatic rings. The largest absolute Gasteiger partial charge is 0.461 e. The molecule has 2 fully saturated rings. The summed E-state index contributed by atoms with van der Waals surface area (Å²) in [4.78, 5) is 11.8. The van der Waals surface area contributed by atoms with Crippen LogP contribution in [-0.2, 0) is 14.3 Å². The Morgan fingerprint density at radius 1 is 0.737 bits per heavy atom. The number of esters is 1. The Morgan fingerprint density at radius 2 is 1.21 bits per heavy atom. The van der Waals surface area contributed by atoms with E-state index >= 15 is 0 Å². The van der Waals surface area contributed by atoms with Gasteiger partial charge in [0.25, 0.3) is 0 Å². The molecule has 0 spiro atoms. The van der Waals surface area contributed by atoms with Crippen molar-refractivity contribution in [2.75, 3.05) is 6.61 Å². The van der Waals surface area contributed by atoms with Gasteiger partial charge in [-0.2, -0.15) is 0 Å². The normalized spacial score (nSPS) is 23.6. The van der Waals surface area contributed by atoms with Crippen LogP contribution in [0.3, 0.4) is 0 Å². The lowest BCUT2D eigenvalue weighted by molar-refractivity contribution is -0.158. The van der Waals surface area contributed by atoms with Gasteiger partial charge in [-0.25, -0.2) is 4.79 Å². The van der Waals surface area contributed by atoms with Crippen molar-refractivity contribution in [2.45, 2.75) is 89.3 Å². The average molecular weight is 268 g/mol. The Labute approximate surface area is 117 Å². The van der Waals surface area contributed by atoms with Crippen molar-refractivity contribution < 1.29 is 14.3 Å². The van der Waals surface area contributed by atoms with Crippen LogP contribution in [0, 0.1) is 0 Å². The molecule has 0 bridgehead atoms. The number of carbonyl (C=O) groups is 1. The van der Waals surface area contributed by atoms with Crippen molar-refractivity contribution in [3.8, 4) is 0 Å². The minimum atomic E-state index is -0.156. The summed E-state index contributed by atoms with van der Waals surface area (Å²) in [6, 6.07) is 0. The molecule has 0 N–H and O–H groups in total. The molecule has 0 aliphatic heterocycles. The van der Waals surface area contributed by atoms with Crippen molar-refractivity contribution >= 4 is 5.97 Å². The molecule has 0 aromatic heterocycles. The van der Waals surface area contributed by atoms with Crippen LogP contribution in [0.2, 0.25) is 0 Å². The van der Waals surface area contributed by atoms with Gasteiger partial charge in [0.1, 0.15) is 12.7 Å². The van der Waals surface area contributed by atoms with Crippen LogP contribution >= 0.6 is 0 Å². The van der Waals surface area contributed by atoms with Crippen molar-refractivity contribution in [3.05, 3.63) is 0 Å². The first-order chi connectivity index (χ1) is 9.34. The van der Waals surface area contributed by atoms with E-state index in [0.29, 0.717) is 6.10 Å². The molecule has 0 atom stereocenters. The topological polar surface area (TPSA) is 35.5 Å². The van der Waals surface area contributed by atoms with Crippen molar-refractivity contribution in [1.82, 2.24) is 0 Å². The summed E-state index contributed by atoms with van der Waals surface area (Å²) in [5.41, 5.74) is 0. The van der Waals surface area contributed by atoms with E-state index in [1.165, 1.54) is 51.4 Å². The van der Waals surface area contributed by atoms with Crippen LogP contribution in [-0.4, -0.2) is 24.8 Å². The first-order valence-corrected chi connectivity index (χ1v) is 8.15. The summed E-state index contributed by atoms with van der Waals surface area (Å²) in [5.74, 6) is -0.156. The van der Waals surface area contributed by atoms with E-state index in [0.717, 1.165) is 25.7 Å². The van der Waals surface area contributed by atoms with Crippen molar-refractivity contribution in [3.63, 3.8) is 0 Å². The summed E-state index contributed by atoms with van der Waals surface area (Å²) in [6.45, 7) is 0.154. The number of hydrogen-bond acceptors (Lipinski definition) is 3. The van der Waals surface area contributed by atoms with E-state index in [1.54, 1.807) is 0 Å². The second kappa shape index (κ2) is 8.57. The molecule has 2 saturated carbocycles. The first kappa shape index (κ1) is 14.8. The fraction of sp³-hybridized carbons (Fsp3) is 0.938. The zero-order valence-corrected chi connectivity index (χ0v) is 12.1. The Bertz CT molecular complexity index is 251. The van der Waals surface area contributed by atoms with E-state index in [-0.39, 0.29) is 18.7 Å². The molecule has 0 radical (unpaired) electrons. The summed E-state index contributed by atoms with van der Waals surface area (Å²) < 4.78 is 11.2. The smallest absolute Gasteiger partial charge is 0.332 e. The van der Waals surface area contributed by atoms with Gasteiger partial charge < -0.3 is 9.47 Å². The molecule has 2 rings (SSSR count). The van der Waals surface area contributed by atoms with Gasteiger partial charge in [0.2, 0.25) is 0 Å².